The molecule has 1 heterocycles. The van der Waals surface area contributed by atoms with E-state index in [0.29, 0.717) is 18.5 Å². The summed E-state index contributed by atoms with van der Waals surface area (Å²) in [5, 5.41) is 3.00. The van der Waals surface area contributed by atoms with Crippen molar-refractivity contribution in [2.75, 3.05) is 46.3 Å². The molecular formula is C18H30IN5. The molecule has 0 bridgehead atoms. The molecule has 1 aliphatic heterocycles. The van der Waals surface area contributed by atoms with Gasteiger partial charge in [0.1, 0.15) is 0 Å². The Bertz CT molecular complexity index is 505. The maximum atomic E-state index is 5.79. The molecule has 1 aliphatic rings. The van der Waals surface area contributed by atoms with Crippen molar-refractivity contribution in [3.63, 3.8) is 0 Å². The van der Waals surface area contributed by atoms with Gasteiger partial charge in [-0.1, -0.05) is 36.4 Å². The van der Waals surface area contributed by atoms with Crippen LogP contribution >= 0.6 is 24.0 Å². The Labute approximate surface area is 163 Å². The smallest absolute Gasteiger partial charge is 0.188 e. The number of aliphatic imine (C=N–C) groups is 1. The van der Waals surface area contributed by atoms with E-state index in [4.69, 9.17) is 5.73 Å². The summed E-state index contributed by atoms with van der Waals surface area (Å²) in [6.45, 7) is 9.41. The lowest BCUT2D eigenvalue weighted by molar-refractivity contribution is 0.0894. The molecule has 24 heavy (non-hydrogen) atoms. The summed E-state index contributed by atoms with van der Waals surface area (Å²) >= 11 is 0. The summed E-state index contributed by atoms with van der Waals surface area (Å²) in [5.74, 6) is 0.503. The van der Waals surface area contributed by atoms with Crippen molar-refractivity contribution in [2.24, 2.45) is 10.7 Å². The van der Waals surface area contributed by atoms with Gasteiger partial charge < -0.3 is 16.0 Å². The summed E-state index contributed by atoms with van der Waals surface area (Å²) in [6.07, 6.45) is 2.79. The largest absolute Gasteiger partial charge is 0.370 e. The van der Waals surface area contributed by atoms with Gasteiger partial charge >= 0.3 is 0 Å². The Morgan fingerprint density at radius 1 is 1.38 bits per heavy atom. The lowest BCUT2D eigenvalue weighted by Crippen LogP contribution is -2.47. The Balaban J connectivity index is 0.00000288. The van der Waals surface area contributed by atoms with Crippen LogP contribution in [0, 0.1) is 0 Å². The van der Waals surface area contributed by atoms with Gasteiger partial charge in [0, 0.05) is 45.3 Å². The van der Waals surface area contributed by atoms with Crippen LogP contribution in [-0.2, 0) is 0 Å². The van der Waals surface area contributed by atoms with Crippen molar-refractivity contribution < 1.29 is 0 Å². The highest BCUT2D eigenvalue weighted by Crippen LogP contribution is 2.24. The molecule has 0 aliphatic carbocycles. The molecular weight excluding hydrogens is 413 g/mol. The van der Waals surface area contributed by atoms with Crippen LogP contribution in [-0.4, -0.2) is 62.1 Å². The van der Waals surface area contributed by atoms with E-state index in [2.05, 4.69) is 64.1 Å². The summed E-state index contributed by atoms with van der Waals surface area (Å²) in [4.78, 5) is 9.33. The number of piperazine rings is 1. The number of likely N-dealkylation sites (N-methyl/N-ethyl adjacent to an activating group) is 1. The van der Waals surface area contributed by atoms with Crippen LogP contribution in [0.15, 0.2) is 48.0 Å². The average Bonchev–Trinajstić information content (AvgIpc) is 2.58. The monoisotopic (exact) mass is 443 g/mol. The number of nitrogens with one attached hydrogen (secondary N) is 1. The Morgan fingerprint density at radius 2 is 2.12 bits per heavy atom. The molecule has 1 unspecified atom stereocenters. The molecule has 0 saturated carbocycles. The minimum Gasteiger partial charge on any atom is -0.370 e. The predicted molar refractivity (Wildman–Crippen MR) is 113 cm³/mol. The summed E-state index contributed by atoms with van der Waals surface area (Å²) in [7, 11) is 2.20. The van der Waals surface area contributed by atoms with Gasteiger partial charge in [-0.2, -0.15) is 0 Å². The fraction of sp³-hybridized carbons (Fsp3) is 0.500. The molecule has 1 saturated heterocycles. The topological polar surface area (TPSA) is 56.9 Å². The van der Waals surface area contributed by atoms with Crippen LogP contribution in [0.1, 0.15) is 18.0 Å². The van der Waals surface area contributed by atoms with Crippen molar-refractivity contribution in [1.29, 1.82) is 0 Å². The van der Waals surface area contributed by atoms with Crippen molar-refractivity contribution >= 4 is 29.9 Å². The Kier molecular flexibility index (Phi) is 9.97. The van der Waals surface area contributed by atoms with Gasteiger partial charge in [0.05, 0.1) is 0 Å². The first kappa shape index (κ1) is 20.9. The quantitative estimate of drug-likeness (QED) is 0.223. The maximum absolute atomic E-state index is 5.79. The first-order valence-electron chi connectivity index (χ1n) is 8.33. The van der Waals surface area contributed by atoms with Gasteiger partial charge in [-0.25, -0.2) is 0 Å². The highest BCUT2D eigenvalue weighted by Gasteiger charge is 2.25. The van der Waals surface area contributed by atoms with E-state index in [1.807, 2.05) is 0 Å². The van der Waals surface area contributed by atoms with E-state index in [1.54, 1.807) is 6.08 Å². The van der Waals surface area contributed by atoms with Gasteiger partial charge in [0.25, 0.3) is 0 Å². The van der Waals surface area contributed by atoms with Crippen molar-refractivity contribution in [2.45, 2.75) is 12.5 Å². The van der Waals surface area contributed by atoms with E-state index in [9.17, 15) is 0 Å². The minimum absolute atomic E-state index is 0. The molecule has 5 nitrogen and oxygen atoms in total. The normalized spacial score (nSPS) is 19.5. The third-order valence-corrected chi connectivity index (χ3v) is 4.19. The van der Waals surface area contributed by atoms with Crippen LogP contribution in [0.4, 0.5) is 0 Å². The Morgan fingerprint density at radius 3 is 2.83 bits per heavy atom. The molecule has 1 fully saturated rings. The molecule has 0 amide bonds. The van der Waals surface area contributed by atoms with E-state index in [0.717, 1.165) is 39.1 Å². The molecule has 1 aromatic rings. The first-order valence-corrected chi connectivity index (χ1v) is 8.33. The zero-order chi connectivity index (χ0) is 16.5. The maximum Gasteiger partial charge on any atom is 0.188 e. The number of hydrogen-bond acceptors (Lipinski definition) is 3. The second-order valence-electron chi connectivity index (χ2n) is 6.01. The summed E-state index contributed by atoms with van der Waals surface area (Å²) < 4.78 is 0. The van der Waals surface area contributed by atoms with E-state index in [1.165, 1.54) is 5.56 Å². The number of rotatable bonds is 7. The molecule has 3 N–H and O–H groups in total. The molecule has 6 heteroatoms. The fourth-order valence-electron chi connectivity index (χ4n) is 2.92. The van der Waals surface area contributed by atoms with Crippen LogP contribution in [0.3, 0.4) is 0 Å². The molecule has 1 atom stereocenters. The lowest BCUT2D eigenvalue weighted by Gasteiger charge is -2.40. The van der Waals surface area contributed by atoms with Crippen LogP contribution in [0.25, 0.3) is 0 Å². The van der Waals surface area contributed by atoms with Crippen molar-refractivity contribution in [1.82, 2.24) is 15.1 Å². The van der Waals surface area contributed by atoms with Gasteiger partial charge in [-0.3, -0.25) is 9.89 Å². The molecule has 134 valence electrons. The van der Waals surface area contributed by atoms with Crippen LogP contribution in [0.2, 0.25) is 0 Å². The second-order valence-corrected chi connectivity index (χ2v) is 6.01. The molecule has 2 rings (SSSR count). The van der Waals surface area contributed by atoms with Gasteiger partial charge in [0.2, 0.25) is 0 Å². The minimum atomic E-state index is 0. The van der Waals surface area contributed by atoms with Gasteiger partial charge in [-0.15, -0.1) is 30.6 Å². The Hall–Kier alpha value is -1.12. The van der Waals surface area contributed by atoms with Crippen LogP contribution < -0.4 is 11.1 Å². The third-order valence-electron chi connectivity index (χ3n) is 4.19. The molecule has 0 radical (unpaired) electrons. The predicted octanol–water partition coefficient (Wildman–Crippen LogP) is 2.07. The number of hydrogen-bond donors (Lipinski definition) is 2. The number of benzene rings is 1. The zero-order valence-electron chi connectivity index (χ0n) is 14.5. The number of halogens is 1. The zero-order valence-corrected chi connectivity index (χ0v) is 16.9. The fourth-order valence-corrected chi connectivity index (χ4v) is 2.92. The summed E-state index contributed by atoms with van der Waals surface area (Å²) in [5.41, 5.74) is 7.18. The van der Waals surface area contributed by atoms with E-state index >= 15 is 0 Å². The number of guanidine groups is 1. The lowest BCUT2D eigenvalue weighted by atomic mass is 10.0. The summed E-state index contributed by atoms with van der Waals surface area (Å²) in [6, 6.07) is 11.2. The number of nitrogens with two attached hydrogens (primary N) is 1. The molecule has 0 aromatic heterocycles. The van der Waals surface area contributed by atoms with Gasteiger partial charge in [-0.05, 0) is 19.0 Å². The third kappa shape index (κ3) is 6.78. The SMILES string of the molecule is C=CCNC(N)=NCCCN1CCN(C)CC1c1ccccc1.I. The van der Waals surface area contributed by atoms with Gasteiger partial charge in [0.15, 0.2) is 5.96 Å². The molecule has 1 aromatic carbocycles. The first-order chi connectivity index (χ1) is 11.2. The second kappa shape index (κ2) is 11.4. The average molecular weight is 443 g/mol. The highest BCUT2D eigenvalue weighted by atomic mass is 127. The van der Waals surface area contributed by atoms with E-state index < -0.39 is 0 Å². The van der Waals surface area contributed by atoms with Crippen molar-refractivity contribution in [3.05, 3.63) is 48.6 Å². The standard InChI is InChI=1S/C18H29N5.HI/c1-3-10-20-18(19)21-11-7-12-23-14-13-22(2)15-17(23)16-8-5-4-6-9-16;/h3-6,8-9,17H,1,7,10-15H2,2H3,(H3,19,20,21);1H. The van der Waals surface area contributed by atoms with Crippen LogP contribution in [0.5, 0.6) is 0 Å². The van der Waals surface area contributed by atoms with Crippen molar-refractivity contribution in [3.8, 4) is 0 Å². The highest BCUT2D eigenvalue weighted by molar-refractivity contribution is 14.0. The molecule has 0 spiro atoms. The number of nitrogens with zero attached hydrogens (tertiary/aromatic N) is 3. The van der Waals surface area contributed by atoms with E-state index in [-0.39, 0.29) is 24.0 Å².